The zero-order valence-corrected chi connectivity index (χ0v) is 10.8. The van der Waals surface area contributed by atoms with E-state index in [4.69, 9.17) is 4.74 Å². The van der Waals surface area contributed by atoms with Crippen LogP contribution in [-0.4, -0.2) is 20.2 Å². The van der Waals surface area contributed by atoms with Crippen molar-refractivity contribution < 1.29 is 4.74 Å². The van der Waals surface area contributed by atoms with E-state index in [-0.39, 0.29) is 12.4 Å². The zero-order valence-electron chi connectivity index (χ0n) is 9.95. The summed E-state index contributed by atoms with van der Waals surface area (Å²) in [6, 6.07) is 6.32. The molecule has 0 unspecified atom stereocenters. The number of ether oxygens (including phenoxy) is 1. The molecule has 3 heteroatoms. The van der Waals surface area contributed by atoms with Crippen molar-refractivity contribution in [3.8, 4) is 5.75 Å². The number of methoxy groups -OCH3 is 1. The largest absolute Gasteiger partial charge is 0.496 e. The Morgan fingerprint density at radius 2 is 1.94 bits per heavy atom. The summed E-state index contributed by atoms with van der Waals surface area (Å²) in [6.07, 6.45) is 2.45. The topological polar surface area (TPSA) is 21.3 Å². The number of piperidine rings is 1. The maximum atomic E-state index is 5.46. The molecule has 0 amide bonds. The van der Waals surface area contributed by atoms with Crippen LogP contribution in [0.5, 0.6) is 5.75 Å². The first kappa shape index (κ1) is 13.3. The molecule has 0 aliphatic carbocycles. The highest BCUT2D eigenvalue weighted by atomic mass is 35.5. The normalized spacial score (nSPS) is 16.6. The van der Waals surface area contributed by atoms with E-state index in [2.05, 4.69) is 30.4 Å². The monoisotopic (exact) mass is 241 g/mol. The summed E-state index contributed by atoms with van der Waals surface area (Å²) >= 11 is 0. The Morgan fingerprint density at radius 3 is 2.56 bits per heavy atom. The number of halogens is 1. The lowest BCUT2D eigenvalue weighted by molar-refractivity contribution is 0.390. The van der Waals surface area contributed by atoms with Crippen molar-refractivity contribution in [2.75, 3.05) is 20.2 Å². The van der Waals surface area contributed by atoms with Gasteiger partial charge in [-0.25, -0.2) is 0 Å². The zero-order chi connectivity index (χ0) is 10.7. The molecule has 0 atom stereocenters. The van der Waals surface area contributed by atoms with E-state index in [1.54, 1.807) is 7.11 Å². The van der Waals surface area contributed by atoms with Crippen LogP contribution >= 0.6 is 12.4 Å². The lowest BCUT2D eigenvalue weighted by atomic mass is 9.87. The summed E-state index contributed by atoms with van der Waals surface area (Å²) in [5.41, 5.74) is 2.78. The van der Waals surface area contributed by atoms with Crippen LogP contribution in [0.4, 0.5) is 0 Å². The number of hydrogen-bond donors (Lipinski definition) is 1. The van der Waals surface area contributed by atoms with Crippen LogP contribution in [-0.2, 0) is 0 Å². The second kappa shape index (κ2) is 6.12. The van der Waals surface area contributed by atoms with E-state index in [1.807, 2.05) is 0 Å². The smallest absolute Gasteiger partial charge is 0.122 e. The molecule has 1 aliphatic heterocycles. The molecule has 2 nitrogen and oxygen atoms in total. The fourth-order valence-electron chi connectivity index (χ4n) is 2.47. The second-order valence-electron chi connectivity index (χ2n) is 4.22. The van der Waals surface area contributed by atoms with Gasteiger partial charge in [-0.05, 0) is 50.4 Å². The van der Waals surface area contributed by atoms with Crippen molar-refractivity contribution >= 4 is 12.4 Å². The quantitative estimate of drug-likeness (QED) is 0.860. The van der Waals surface area contributed by atoms with Crippen molar-refractivity contribution in [2.24, 2.45) is 0 Å². The molecule has 0 radical (unpaired) electrons. The van der Waals surface area contributed by atoms with Gasteiger partial charge in [0, 0.05) is 5.56 Å². The molecule has 1 saturated heterocycles. The molecule has 0 spiro atoms. The van der Waals surface area contributed by atoms with Gasteiger partial charge in [-0.3, -0.25) is 0 Å². The predicted octanol–water partition coefficient (Wildman–Crippen LogP) is 2.89. The Kier molecular flexibility index (Phi) is 5.10. The van der Waals surface area contributed by atoms with Gasteiger partial charge in [-0.2, -0.15) is 0 Å². The van der Waals surface area contributed by atoms with Crippen LogP contribution < -0.4 is 10.1 Å². The highest BCUT2D eigenvalue weighted by Crippen LogP contribution is 2.34. The van der Waals surface area contributed by atoms with Gasteiger partial charge in [0.25, 0.3) is 0 Å². The lowest BCUT2D eigenvalue weighted by Crippen LogP contribution is -2.27. The molecule has 1 heterocycles. The molecule has 1 aromatic rings. The van der Waals surface area contributed by atoms with E-state index in [0.717, 1.165) is 18.8 Å². The van der Waals surface area contributed by atoms with Crippen LogP contribution in [0.15, 0.2) is 18.2 Å². The highest BCUT2D eigenvalue weighted by Gasteiger charge is 2.20. The second-order valence-corrected chi connectivity index (χ2v) is 4.22. The predicted molar refractivity (Wildman–Crippen MR) is 69.8 cm³/mol. The Morgan fingerprint density at radius 1 is 1.25 bits per heavy atom. The van der Waals surface area contributed by atoms with Crippen molar-refractivity contribution in [2.45, 2.75) is 25.7 Å². The Hall–Kier alpha value is -0.730. The summed E-state index contributed by atoms with van der Waals surface area (Å²) in [5, 5.41) is 3.40. The van der Waals surface area contributed by atoms with E-state index >= 15 is 0 Å². The average Bonchev–Trinajstić information content (AvgIpc) is 2.29. The lowest BCUT2D eigenvalue weighted by Gasteiger charge is -2.26. The molecular weight excluding hydrogens is 222 g/mol. The fourth-order valence-corrected chi connectivity index (χ4v) is 2.47. The summed E-state index contributed by atoms with van der Waals surface area (Å²) in [6.45, 7) is 4.43. The SMILES string of the molecule is COc1cccc(C)c1C1CCNCC1.Cl. The van der Waals surface area contributed by atoms with Gasteiger partial charge in [0.05, 0.1) is 7.11 Å². The third-order valence-electron chi connectivity index (χ3n) is 3.25. The third-order valence-corrected chi connectivity index (χ3v) is 3.25. The van der Waals surface area contributed by atoms with Gasteiger partial charge in [0.1, 0.15) is 5.75 Å². The van der Waals surface area contributed by atoms with Gasteiger partial charge in [-0.1, -0.05) is 12.1 Å². The molecule has 0 bridgehead atoms. The molecule has 1 aromatic carbocycles. The number of hydrogen-bond acceptors (Lipinski definition) is 2. The standard InChI is InChI=1S/C13H19NO.ClH/c1-10-4-3-5-12(15-2)13(10)11-6-8-14-9-7-11;/h3-5,11,14H,6-9H2,1-2H3;1H. The first-order chi connectivity index (χ1) is 7.33. The van der Waals surface area contributed by atoms with Crippen LogP contribution in [0.2, 0.25) is 0 Å². The van der Waals surface area contributed by atoms with Gasteiger partial charge in [0.2, 0.25) is 0 Å². The highest BCUT2D eigenvalue weighted by molar-refractivity contribution is 5.85. The van der Waals surface area contributed by atoms with E-state index < -0.39 is 0 Å². The number of aryl methyl sites for hydroxylation is 1. The average molecular weight is 242 g/mol. The van der Waals surface area contributed by atoms with Gasteiger partial charge < -0.3 is 10.1 Å². The van der Waals surface area contributed by atoms with Crippen molar-refractivity contribution in [1.82, 2.24) is 5.32 Å². The molecule has 2 rings (SSSR count). The van der Waals surface area contributed by atoms with Gasteiger partial charge in [-0.15, -0.1) is 12.4 Å². The van der Waals surface area contributed by atoms with Crippen molar-refractivity contribution in [1.29, 1.82) is 0 Å². The summed E-state index contributed by atoms with van der Waals surface area (Å²) in [5.74, 6) is 1.73. The molecule has 1 N–H and O–H groups in total. The third kappa shape index (κ3) is 2.69. The minimum atomic E-state index is 0. The first-order valence-electron chi connectivity index (χ1n) is 5.67. The number of rotatable bonds is 2. The molecule has 1 aliphatic rings. The summed E-state index contributed by atoms with van der Waals surface area (Å²) in [4.78, 5) is 0. The molecule has 1 fully saturated rings. The van der Waals surface area contributed by atoms with Crippen LogP contribution in [0.1, 0.15) is 29.9 Å². The molecule has 0 aromatic heterocycles. The van der Waals surface area contributed by atoms with Gasteiger partial charge in [0.15, 0.2) is 0 Å². The summed E-state index contributed by atoms with van der Waals surface area (Å²) in [7, 11) is 1.76. The van der Waals surface area contributed by atoms with Gasteiger partial charge >= 0.3 is 0 Å². The molecule has 0 saturated carbocycles. The summed E-state index contributed by atoms with van der Waals surface area (Å²) < 4.78 is 5.46. The van der Waals surface area contributed by atoms with Crippen molar-refractivity contribution in [3.63, 3.8) is 0 Å². The minimum Gasteiger partial charge on any atom is -0.496 e. The van der Waals surface area contributed by atoms with Crippen LogP contribution in [0, 0.1) is 6.92 Å². The Bertz CT molecular complexity index is 335. The molecular formula is C13H20ClNO. The number of benzene rings is 1. The Balaban J connectivity index is 0.00000128. The van der Waals surface area contributed by atoms with E-state index in [9.17, 15) is 0 Å². The molecule has 16 heavy (non-hydrogen) atoms. The molecule has 90 valence electrons. The van der Waals surface area contributed by atoms with Crippen LogP contribution in [0.25, 0.3) is 0 Å². The maximum Gasteiger partial charge on any atom is 0.122 e. The van der Waals surface area contributed by atoms with Crippen molar-refractivity contribution in [3.05, 3.63) is 29.3 Å². The van der Waals surface area contributed by atoms with Crippen LogP contribution in [0.3, 0.4) is 0 Å². The fraction of sp³-hybridized carbons (Fsp3) is 0.538. The minimum absolute atomic E-state index is 0. The number of nitrogens with one attached hydrogen (secondary N) is 1. The first-order valence-corrected chi connectivity index (χ1v) is 5.67. The Labute approximate surface area is 104 Å². The van der Waals surface area contributed by atoms with E-state index in [1.165, 1.54) is 24.0 Å². The van der Waals surface area contributed by atoms with E-state index in [0.29, 0.717) is 5.92 Å². The maximum absolute atomic E-state index is 5.46.